The molecule has 1 aliphatic rings. The summed E-state index contributed by atoms with van der Waals surface area (Å²) in [7, 11) is 0. The van der Waals surface area contributed by atoms with Crippen LogP contribution in [0.3, 0.4) is 0 Å². The van der Waals surface area contributed by atoms with Crippen LogP contribution >= 0.6 is 0 Å². The molecular weight excluding hydrogens is 427 g/mol. The van der Waals surface area contributed by atoms with E-state index < -0.39 is 35.7 Å². The van der Waals surface area contributed by atoms with Crippen LogP contribution in [0.5, 0.6) is 0 Å². The molecule has 33 heavy (non-hydrogen) atoms. The average molecular weight is 448 g/mol. The van der Waals surface area contributed by atoms with Gasteiger partial charge in [-0.1, -0.05) is 36.4 Å². The Morgan fingerprint density at radius 1 is 1.00 bits per heavy atom. The van der Waals surface area contributed by atoms with Gasteiger partial charge in [-0.3, -0.25) is 19.3 Å². The second-order valence-corrected chi connectivity index (χ2v) is 7.93. The third-order valence-corrected chi connectivity index (χ3v) is 5.46. The standard InChI is InChI=1S/C24H21FN4O4/c1-14(30)26-18-9-10-19(25)20(12-18)27-21(31)13-29-22(32)24(2,28-23(29)33)17-8-7-15-5-3-4-6-16(15)11-17/h3-12H,13H2,1-2H3,(H,26,30)(H,27,31)(H,28,33). The van der Waals surface area contributed by atoms with Crippen LogP contribution in [0.25, 0.3) is 10.8 Å². The van der Waals surface area contributed by atoms with Gasteiger partial charge < -0.3 is 16.0 Å². The first-order chi connectivity index (χ1) is 15.7. The SMILES string of the molecule is CC(=O)Nc1ccc(F)c(NC(=O)CN2C(=O)NC(C)(c3ccc4ccccc4c3)C2=O)c1. The second kappa shape index (κ2) is 8.34. The maximum absolute atomic E-state index is 14.1. The summed E-state index contributed by atoms with van der Waals surface area (Å²) in [4.78, 5) is 50.2. The number of hydrogen-bond donors (Lipinski definition) is 3. The highest BCUT2D eigenvalue weighted by molar-refractivity contribution is 6.10. The highest BCUT2D eigenvalue weighted by Gasteiger charge is 2.49. The van der Waals surface area contributed by atoms with E-state index in [1.54, 1.807) is 13.0 Å². The van der Waals surface area contributed by atoms with Crippen molar-refractivity contribution in [3.63, 3.8) is 0 Å². The third-order valence-electron chi connectivity index (χ3n) is 5.46. The fourth-order valence-electron chi connectivity index (χ4n) is 3.77. The zero-order chi connectivity index (χ0) is 23.8. The van der Waals surface area contributed by atoms with E-state index in [0.717, 1.165) is 21.7 Å². The minimum Gasteiger partial charge on any atom is -0.326 e. The molecule has 0 saturated carbocycles. The summed E-state index contributed by atoms with van der Waals surface area (Å²) < 4.78 is 14.1. The van der Waals surface area contributed by atoms with E-state index >= 15 is 0 Å². The Kier molecular flexibility index (Phi) is 5.55. The van der Waals surface area contributed by atoms with Crippen molar-refractivity contribution in [3.8, 4) is 0 Å². The number of amides is 5. The van der Waals surface area contributed by atoms with E-state index in [-0.39, 0.29) is 17.3 Å². The summed E-state index contributed by atoms with van der Waals surface area (Å²) in [6, 6.07) is 16.0. The van der Waals surface area contributed by atoms with Crippen molar-refractivity contribution < 1.29 is 23.6 Å². The Balaban J connectivity index is 1.52. The summed E-state index contributed by atoms with van der Waals surface area (Å²) in [5.41, 5.74) is -0.664. The fraction of sp³-hybridized carbons (Fsp3) is 0.167. The first-order valence-electron chi connectivity index (χ1n) is 10.2. The van der Waals surface area contributed by atoms with E-state index in [4.69, 9.17) is 0 Å². The number of halogens is 1. The lowest BCUT2D eigenvalue weighted by molar-refractivity contribution is -0.133. The number of fused-ring (bicyclic) bond motifs is 1. The predicted molar refractivity (Wildman–Crippen MR) is 121 cm³/mol. The number of nitrogens with zero attached hydrogens (tertiary/aromatic N) is 1. The number of imide groups is 1. The Bertz CT molecular complexity index is 1310. The van der Waals surface area contributed by atoms with E-state index in [9.17, 15) is 23.6 Å². The van der Waals surface area contributed by atoms with Gasteiger partial charge in [0.15, 0.2) is 0 Å². The van der Waals surface area contributed by atoms with Crippen LogP contribution in [0.1, 0.15) is 19.4 Å². The van der Waals surface area contributed by atoms with Crippen molar-refractivity contribution >= 4 is 45.9 Å². The predicted octanol–water partition coefficient (Wildman–Crippen LogP) is 3.34. The van der Waals surface area contributed by atoms with Crippen molar-refractivity contribution in [2.24, 2.45) is 0 Å². The van der Waals surface area contributed by atoms with Crippen LogP contribution in [0.15, 0.2) is 60.7 Å². The summed E-state index contributed by atoms with van der Waals surface area (Å²) in [5.74, 6) is -2.44. The molecule has 1 unspecified atom stereocenters. The quantitative estimate of drug-likeness (QED) is 0.520. The molecule has 1 atom stereocenters. The molecule has 1 aliphatic heterocycles. The lowest BCUT2D eigenvalue weighted by Crippen LogP contribution is -2.42. The van der Waals surface area contributed by atoms with Crippen LogP contribution in [0, 0.1) is 5.82 Å². The summed E-state index contributed by atoms with van der Waals surface area (Å²) in [5, 5.41) is 9.39. The highest BCUT2D eigenvalue weighted by atomic mass is 19.1. The number of anilines is 2. The maximum Gasteiger partial charge on any atom is 0.325 e. The van der Waals surface area contributed by atoms with Gasteiger partial charge in [0.1, 0.15) is 17.9 Å². The minimum atomic E-state index is -1.35. The zero-order valence-corrected chi connectivity index (χ0v) is 17.9. The van der Waals surface area contributed by atoms with Gasteiger partial charge >= 0.3 is 6.03 Å². The maximum atomic E-state index is 14.1. The van der Waals surface area contributed by atoms with Gasteiger partial charge in [-0.05, 0) is 47.5 Å². The van der Waals surface area contributed by atoms with Crippen LogP contribution < -0.4 is 16.0 Å². The van der Waals surface area contributed by atoms with Crippen molar-refractivity contribution in [2.75, 3.05) is 17.2 Å². The molecule has 0 aliphatic carbocycles. The minimum absolute atomic E-state index is 0.185. The molecule has 5 amide bonds. The van der Waals surface area contributed by atoms with E-state index in [1.165, 1.54) is 19.1 Å². The van der Waals surface area contributed by atoms with Gasteiger partial charge in [-0.2, -0.15) is 0 Å². The largest absolute Gasteiger partial charge is 0.326 e. The third kappa shape index (κ3) is 4.25. The molecule has 3 aromatic carbocycles. The summed E-state index contributed by atoms with van der Waals surface area (Å²) in [6.45, 7) is 2.27. The number of urea groups is 1. The smallest absolute Gasteiger partial charge is 0.325 e. The second-order valence-electron chi connectivity index (χ2n) is 7.93. The molecule has 1 saturated heterocycles. The number of rotatable bonds is 5. The first-order valence-corrected chi connectivity index (χ1v) is 10.2. The Morgan fingerprint density at radius 3 is 2.45 bits per heavy atom. The van der Waals surface area contributed by atoms with Crippen molar-refractivity contribution in [1.82, 2.24) is 10.2 Å². The fourth-order valence-corrected chi connectivity index (χ4v) is 3.77. The monoisotopic (exact) mass is 448 g/mol. The van der Waals surface area contributed by atoms with Crippen molar-refractivity contribution in [2.45, 2.75) is 19.4 Å². The van der Waals surface area contributed by atoms with Crippen LogP contribution in [0.2, 0.25) is 0 Å². The first kappa shape index (κ1) is 21.9. The topological polar surface area (TPSA) is 108 Å². The van der Waals surface area contributed by atoms with Gasteiger partial charge in [-0.15, -0.1) is 0 Å². The number of nitrogens with one attached hydrogen (secondary N) is 3. The summed E-state index contributed by atoms with van der Waals surface area (Å²) in [6.07, 6.45) is 0. The van der Waals surface area contributed by atoms with Crippen LogP contribution in [-0.2, 0) is 19.9 Å². The highest BCUT2D eigenvalue weighted by Crippen LogP contribution is 2.31. The zero-order valence-electron chi connectivity index (χ0n) is 17.9. The average Bonchev–Trinajstić information content (AvgIpc) is 2.99. The van der Waals surface area contributed by atoms with Gasteiger partial charge in [0.2, 0.25) is 11.8 Å². The van der Waals surface area contributed by atoms with Crippen molar-refractivity contribution in [3.05, 3.63) is 72.0 Å². The number of carbonyl (C=O) groups is 4. The van der Waals surface area contributed by atoms with E-state index in [1.807, 2.05) is 36.4 Å². The Labute approximate surface area is 188 Å². The number of hydrogen-bond acceptors (Lipinski definition) is 4. The van der Waals surface area contributed by atoms with Crippen LogP contribution in [0.4, 0.5) is 20.6 Å². The lowest BCUT2D eigenvalue weighted by Gasteiger charge is -2.22. The molecule has 0 spiro atoms. The molecular formula is C24H21FN4O4. The molecule has 8 nitrogen and oxygen atoms in total. The van der Waals surface area contributed by atoms with Gasteiger partial charge in [-0.25, -0.2) is 9.18 Å². The molecule has 3 aromatic rings. The number of carbonyl (C=O) groups excluding carboxylic acids is 4. The Hall–Kier alpha value is -4.27. The molecule has 0 radical (unpaired) electrons. The molecule has 1 fully saturated rings. The van der Waals surface area contributed by atoms with E-state index in [0.29, 0.717) is 5.56 Å². The molecule has 1 heterocycles. The van der Waals surface area contributed by atoms with Gasteiger partial charge in [0.25, 0.3) is 5.91 Å². The number of benzene rings is 3. The Morgan fingerprint density at radius 2 is 1.73 bits per heavy atom. The molecule has 0 aromatic heterocycles. The normalized spacial score (nSPS) is 17.7. The summed E-state index contributed by atoms with van der Waals surface area (Å²) >= 11 is 0. The molecule has 168 valence electrons. The van der Waals surface area contributed by atoms with Crippen LogP contribution in [-0.4, -0.2) is 35.2 Å². The van der Waals surface area contributed by atoms with Gasteiger partial charge in [0, 0.05) is 12.6 Å². The lowest BCUT2D eigenvalue weighted by atomic mass is 9.90. The van der Waals surface area contributed by atoms with Crippen molar-refractivity contribution in [1.29, 1.82) is 0 Å². The molecule has 4 rings (SSSR count). The van der Waals surface area contributed by atoms with Gasteiger partial charge in [0.05, 0.1) is 5.69 Å². The van der Waals surface area contributed by atoms with E-state index in [2.05, 4.69) is 16.0 Å². The molecule has 0 bridgehead atoms. The molecule has 9 heteroatoms. The molecule has 3 N–H and O–H groups in total.